The van der Waals surface area contributed by atoms with Gasteiger partial charge in [0.15, 0.2) is 0 Å². The van der Waals surface area contributed by atoms with E-state index in [0.717, 1.165) is 10.0 Å². The molecule has 0 radical (unpaired) electrons. The summed E-state index contributed by atoms with van der Waals surface area (Å²) >= 11 is 3.38. The van der Waals surface area contributed by atoms with Crippen molar-refractivity contribution >= 4 is 28.0 Å². The van der Waals surface area contributed by atoms with E-state index in [9.17, 15) is 14.7 Å². The molecule has 25 heavy (non-hydrogen) atoms. The lowest BCUT2D eigenvalue weighted by Crippen LogP contribution is -2.44. The Bertz CT molecular complexity index is 589. The Hall–Kier alpha value is -1.64. The highest BCUT2D eigenvalue weighted by molar-refractivity contribution is 9.10. The Morgan fingerprint density at radius 2 is 2.00 bits per heavy atom. The molecule has 1 unspecified atom stereocenters. The van der Waals surface area contributed by atoms with Crippen LogP contribution in [0.5, 0.6) is 0 Å². The Labute approximate surface area is 156 Å². The number of aliphatic hydroxyl groups excluding tert-OH is 1. The molecular formula is C17H25BrN2O5. The van der Waals surface area contributed by atoms with Crippen molar-refractivity contribution in [2.24, 2.45) is 0 Å². The van der Waals surface area contributed by atoms with Gasteiger partial charge in [-0.25, -0.2) is 4.79 Å². The Balaban J connectivity index is 2.67. The van der Waals surface area contributed by atoms with Crippen molar-refractivity contribution in [1.82, 2.24) is 10.6 Å². The van der Waals surface area contributed by atoms with Crippen molar-refractivity contribution in [2.75, 3.05) is 13.7 Å². The lowest BCUT2D eigenvalue weighted by atomic mass is 10.0. The molecule has 1 aromatic rings. The fourth-order valence-electron chi connectivity index (χ4n) is 2.03. The van der Waals surface area contributed by atoms with Gasteiger partial charge in [0, 0.05) is 10.5 Å². The molecule has 0 aromatic heterocycles. The van der Waals surface area contributed by atoms with Gasteiger partial charge in [-0.2, -0.15) is 0 Å². The number of rotatable bonds is 7. The third-order valence-electron chi connectivity index (χ3n) is 3.08. The zero-order chi connectivity index (χ0) is 19.0. The van der Waals surface area contributed by atoms with Gasteiger partial charge in [0.05, 0.1) is 20.1 Å². The number of carbonyl (C=O) groups excluding carboxylic acids is 2. The smallest absolute Gasteiger partial charge is 0.407 e. The van der Waals surface area contributed by atoms with Crippen molar-refractivity contribution in [1.29, 1.82) is 0 Å². The Kier molecular flexibility index (Phi) is 8.34. The minimum Gasteiger partial charge on any atom is -0.469 e. The first-order valence-electron chi connectivity index (χ1n) is 7.84. The number of ether oxygens (including phenoxy) is 2. The fraction of sp³-hybridized carbons (Fsp3) is 0.529. The van der Waals surface area contributed by atoms with Gasteiger partial charge in [-0.05, 0) is 38.5 Å². The maximum atomic E-state index is 11.6. The zero-order valence-electron chi connectivity index (χ0n) is 14.8. The monoisotopic (exact) mass is 416 g/mol. The number of benzene rings is 1. The van der Waals surface area contributed by atoms with Crippen LogP contribution in [0.1, 0.15) is 38.8 Å². The number of methoxy groups -OCH3 is 1. The molecule has 0 fully saturated rings. The molecule has 1 amide bonds. The van der Waals surface area contributed by atoms with E-state index < -0.39 is 29.9 Å². The predicted octanol–water partition coefficient (Wildman–Crippen LogP) is 2.49. The van der Waals surface area contributed by atoms with Gasteiger partial charge in [-0.1, -0.05) is 28.1 Å². The summed E-state index contributed by atoms with van der Waals surface area (Å²) in [6, 6.07) is 6.89. The minimum absolute atomic E-state index is 0.0381. The molecule has 0 aliphatic carbocycles. The third-order valence-corrected chi connectivity index (χ3v) is 3.57. The van der Waals surface area contributed by atoms with Crippen molar-refractivity contribution in [2.45, 2.75) is 45.1 Å². The molecule has 2 atom stereocenters. The van der Waals surface area contributed by atoms with Crippen molar-refractivity contribution in [3.63, 3.8) is 0 Å². The van der Waals surface area contributed by atoms with Crippen LogP contribution in [-0.2, 0) is 14.3 Å². The third kappa shape index (κ3) is 8.85. The second-order valence-electron chi connectivity index (χ2n) is 6.45. The lowest BCUT2D eigenvalue weighted by molar-refractivity contribution is -0.141. The lowest BCUT2D eigenvalue weighted by Gasteiger charge is -2.24. The van der Waals surface area contributed by atoms with Crippen LogP contribution in [0.4, 0.5) is 4.79 Å². The summed E-state index contributed by atoms with van der Waals surface area (Å²) in [5, 5.41) is 15.5. The van der Waals surface area contributed by atoms with Gasteiger partial charge in [-0.3, -0.25) is 10.1 Å². The van der Waals surface area contributed by atoms with E-state index in [4.69, 9.17) is 9.47 Å². The van der Waals surface area contributed by atoms with Crippen molar-refractivity contribution in [3.8, 4) is 0 Å². The van der Waals surface area contributed by atoms with Crippen molar-refractivity contribution < 1.29 is 24.2 Å². The van der Waals surface area contributed by atoms with E-state index >= 15 is 0 Å². The summed E-state index contributed by atoms with van der Waals surface area (Å²) in [5.74, 6) is -0.412. The predicted molar refractivity (Wildman–Crippen MR) is 96.9 cm³/mol. The van der Waals surface area contributed by atoms with E-state index in [-0.39, 0.29) is 13.0 Å². The summed E-state index contributed by atoms with van der Waals surface area (Å²) in [5.41, 5.74) is 0.183. The fourth-order valence-corrected chi connectivity index (χ4v) is 2.45. The second-order valence-corrected chi connectivity index (χ2v) is 7.37. The molecule has 0 bridgehead atoms. The van der Waals surface area contributed by atoms with Crippen molar-refractivity contribution in [3.05, 3.63) is 34.3 Å². The number of esters is 1. The largest absolute Gasteiger partial charge is 0.469 e. The number of aliphatic hydroxyl groups is 1. The number of hydrogen-bond acceptors (Lipinski definition) is 6. The van der Waals surface area contributed by atoms with E-state index in [1.807, 2.05) is 24.3 Å². The number of carbonyl (C=O) groups is 2. The maximum absolute atomic E-state index is 11.6. The SMILES string of the molecule is COC(=O)C[C@H](NC(O)CNC(=O)OC(C)(C)C)c1cccc(Br)c1. The average Bonchev–Trinajstić information content (AvgIpc) is 2.50. The first kappa shape index (κ1) is 21.4. The standard InChI is InChI=1S/C17H25BrN2O5/c1-17(2,3)25-16(23)19-10-14(21)20-13(9-15(22)24-4)11-6-5-7-12(18)8-11/h5-8,13-14,20-21H,9-10H2,1-4H3,(H,19,23)/t13-,14?/m0/s1. The highest BCUT2D eigenvalue weighted by atomic mass is 79.9. The number of nitrogens with one attached hydrogen (secondary N) is 2. The highest BCUT2D eigenvalue weighted by Crippen LogP contribution is 2.21. The number of hydrogen-bond donors (Lipinski definition) is 3. The molecule has 0 spiro atoms. The zero-order valence-corrected chi connectivity index (χ0v) is 16.4. The molecule has 0 heterocycles. The minimum atomic E-state index is -1.07. The van der Waals surface area contributed by atoms with E-state index in [1.54, 1.807) is 20.8 Å². The summed E-state index contributed by atoms with van der Waals surface area (Å²) in [6.07, 6.45) is -1.65. The van der Waals surface area contributed by atoms with Crippen LogP contribution < -0.4 is 10.6 Å². The summed E-state index contributed by atoms with van der Waals surface area (Å²) in [4.78, 5) is 23.3. The van der Waals surface area contributed by atoms with Crippen LogP contribution in [0.15, 0.2) is 28.7 Å². The van der Waals surface area contributed by atoms with E-state index in [0.29, 0.717) is 0 Å². The average molecular weight is 417 g/mol. The Morgan fingerprint density at radius 3 is 2.56 bits per heavy atom. The van der Waals surface area contributed by atoms with Crippen LogP contribution in [-0.4, -0.2) is 42.7 Å². The molecule has 0 aliphatic rings. The van der Waals surface area contributed by atoms with Gasteiger partial charge in [-0.15, -0.1) is 0 Å². The molecule has 7 nitrogen and oxygen atoms in total. The van der Waals surface area contributed by atoms with Crippen LogP contribution in [0.3, 0.4) is 0 Å². The number of halogens is 1. The summed E-state index contributed by atoms with van der Waals surface area (Å²) in [7, 11) is 1.31. The molecule has 0 aliphatic heterocycles. The number of alkyl carbamates (subject to hydrolysis) is 1. The molecule has 140 valence electrons. The molecule has 8 heteroatoms. The van der Waals surface area contributed by atoms with E-state index in [2.05, 4.69) is 26.6 Å². The Morgan fingerprint density at radius 1 is 1.32 bits per heavy atom. The highest BCUT2D eigenvalue weighted by Gasteiger charge is 2.21. The second kappa shape index (κ2) is 9.74. The van der Waals surface area contributed by atoms with Crippen LogP contribution >= 0.6 is 15.9 Å². The number of amides is 1. The molecule has 3 N–H and O–H groups in total. The summed E-state index contributed by atoms with van der Waals surface area (Å²) < 4.78 is 10.7. The molecule has 1 aromatic carbocycles. The van der Waals surface area contributed by atoms with Gasteiger partial charge < -0.3 is 19.9 Å². The molecule has 1 rings (SSSR count). The van der Waals surface area contributed by atoms with Crippen LogP contribution in [0.25, 0.3) is 0 Å². The van der Waals surface area contributed by atoms with E-state index in [1.165, 1.54) is 7.11 Å². The van der Waals surface area contributed by atoms with Gasteiger partial charge in [0.2, 0.25) is 0 Å². The quantitative estimate of drug-likeness (QED) is 0.466. The summed E-state index contributed by atoms with van der Waals surface area (Å²) in [6.45, 7) is 5.18. The topological polar surface area (TPSA) is 96.9 Å². The maximum Gasteiger partial charge on any atom is 0.407 e. The van der Waals surface area contributed by atoms with Gasteiger partial charge in [0.1, 0.15) is 11.8 Å². The van der Waals surface area contributed by atoms with Crippen LogP contribution in [0, 0.1) is 0 Å². The first-order valence-corrected chi connectivity index (χ1v) is 8.63. The normalized spacial score (nSPS) is 13.7. The van der Waals surface area contributed by atoms with Crippen LogP contribution in [0.2, 0.25) is 0 Å². The molecule has 0 saturated heterocycles. The molecular weight excluding hydrogens is 392 g/mol. The van der Waals surface area contributed by atoms with Gasteiger partial charge >= 0.3 is 12.1 Å². The first-order chi connectivity index (χ1) is 11.6. The molecule has 0 saturated carbocycles. The van der Waals surface area contributed by atoms with Gasteiger partial charge in [0.25, 0.3) is 0 Å².